The molecule has 0 spiro atoms. The number of hydrogen-bond donors (Lipinski definition) is 3. The lowest BCUT2D eigenvalue weighted by Crippen LogP contribution is -2.25. The van der Waals surface area contributed by atoms with Crippen LogP contribution in [0.3, 0.4) is 0 Å². The molecule has 4 heterocycles. The zero-order valence-corrected chi connectivity index (χ0v) is 16.4. The van der Waals surface area contributed by atoms with Crippen LogP contribution < -0.4 is 16.0 Å². The van der Waals surface area contributed by atoms with Gasteiger partial charge in [-0.3, -0.25) is 5.10 Å². The number of nitrogens with one attached hydrogen (secondary N) is 2. The highest BCUT2D eigenvalue weighted by Gasteiger charge is 2.29. The van der Waals surface area contributed by atoms with Crippen molar-refractivity contribution in [1.82, 2.24) is 25.1 Å². The van der Waals surface area contributed by atoms with Crippen LogP contribution in [-0.2, 0) is 4.74 Å². The molecule has 2 aromatic heterocycles. The third-order valence-electron chi connectivity index (χ3n) is 5.52. The van der Waals surface area contributed by atoms with E-state index < -0.39 is 0 Å². The zero-order valence-electron chi connectivity index (χ0n) is 16.4. The van der Waals surface area contributed by atoms with Gasteiger partial charge in [0.25, 0.3) is 0 Å². The fraction of sp³-hybridized carbons (Fsp3) is 0.400. The Labute approximate surface area is 172 Å². The number of halogens is 1. The van der Waals surface area contributed by atoms with E-state index in [2.05, 4.69) is 35.4 Å². The molecule has 2 aliphatic heterocycles. The van der Waals surface area contributed by atoms with Gasteiger partial charge in [0.05, 0.1) is 17.8 Å². The van der Waals surface area contributed by atoms with Crippen molar-refractivity contribution >= 4 is 23.7 Å². The van der Waals surface area contributed by atoms with Gasteiger partial charge in [0.1, 0.15) is 5.82 Å². The maximum atomic E-state index is 13.3. The van der Waals surface area contributed by atoms with E-state index in [1.165, 1.54) is 12.1 Å². The molecule has 5 rings (SSSR count). The molecule has 2 aliphatic rings. The largest absolute Gasteiger partial charge is 0.372 e. The van der Waals surface area contributed by atoms with Crippen LogP contribution in [0.15, 0.2) is 30.3 Å². The van der Waals surface area contributed by atoms with Gasteiger partial charge in [-0.05, 0) is 43.4 Å². The second-order valence-corrected chi connectivity index (χ2v) is 7.56. The number of nitrogen functional groups attached to an aromatic ring is 1. The van der Waals surface area contributed by atoms with Crippen LogP contribution in [0.4, 0.5) is 28.1 Å². The van der Waals surface area contributed by atoms with E-state index in [-0.39, 0.29) is 23.9 Å². The first kappa shape index (κ1) is 18.7. The molecule has 9 nitrogen and oxygen atoms in total. The zero-order chi connectivity index (χ0) is 20.5. The normalized spacial score (nSPS) is 21.3. The van der Waals surface area contributed by atoms with Gasteiger partial charge in [0.15, 0.2) is 5.82 Å². The summed E-state index contributed by atoms with van der Waals surface area (Å²) in [6, 6.07) is 8.52. The van der Waals surface area contributed by atoms with Gasteiger partial charge in [0, 0.05) is 19.2 Å². The second kappa shape index (κ2) is 7.86. The summed E-state index contributed by atoms with van der Waals surface area (Å²) in [5.74, 6) is 1.29. The number of nitrogens with zero attached hydrogens (tertiary/aromatic N) is 5. The highest BCUT2D eigenvalue weighted by atomic mass is 19.1. The Morgan fingerprint density at radius 1 is 1.13 bits per heavy atom. The van der Waals surface area contributed by atoms with Crippen molar-refractivity contribution in [2.45, 2.75) is 37.8 Å². The maximum Gasteiger partial charge on any atom is 0.235 e. The smallest absolute Gasteiger partial charge is 0.235 e. The summed E-state index contributed by atoms with van der Waals surface area (Å²) in [6.07, 6.45) is 3.99. The Hall–Kier alpha value is -3.27. The summed E-state index contributed by atoms with van der Waals surface area (Å²) in [4.78, 5) is 15.2. The lowest BCUT2D eigenvalue weighted by atomic mass is 10.0. The van der Waals surface area contributed by atoms with E-state index in [0.29, 0.717) is 17.7 Å². The monoisotopic (exact) mass is 410 g/mol. The highest BCUT2D eigenvalue weighted by Crippen LogP contribution is 2.35. The van der Waals surface area contributed by atoms with Crippen LogP contribution in [0.25, 0.3) is 0 Å². The average molecular weight is 410 g/mol. The first-order valence-electron chi connectivity index (χ1n) is 10.1. The van der Waals surface area contributed by atoms with Gasteiger partial charge < -0.3 is 20.7 Å². The fourth-order valence-electron chi connectivity index (χ4n) is 4.11. The number of anilines is 4. The van der Waals surface area contributed by atoms with Gasteiger partial charge in [-0.25, -0.2) is 4.39 Å². The Morgan fingerprint density at radius 2 is 2.00 bits per heavy atom. The predicted octanol–water partition coefficient (Wildman–Crippen LogP) is 3.25. The van der Waals surface area contributed by atoms with Gasteiger partial charge in [-0.1, -0.05) is 12.1 Å². The summed E-state index contributed by atoms with van der Waals surface area (Å²) in [7, 11) is 0. The van der Waals surface area contributed by atoms with E-state index in [1.807, 2.05) is 6.07 Å². The average Bonchev–Trinajstić information content (AvgIpc) is 3.49. The van der Waals surface area contributed by atoms with Gasteiger partial charge in [-0.2, -0.15) is 20.1 Å². The third kappa shape index (κ3) is 3.78. The first-order chi connectivity index (χ1) is 14.7. The molecule has 2 unspecified atom stereocenters. The first-order valence-corrected chi connectivity index (χ1v) is 10.1. The van der Waals surface area contributed by atoms with Gasteiger partial charge in [-0.15, -0.1) is 0 Å². The summed E-state index contributed by atoms with van der Waals surface area (Å²) < 4.78 is 19.0. The summed E-state index contributed by atoms with van der Waals surface area (Å²) in [5.41, 5.74) is 7.91. The van der Waals surface area contributed by atoms with Crippen molar-refractivity contribution in [3.05, 3.63) is 47.4 Å². The molecule has 2 fully saturated rings. The number of hydrogen-bond acceptors (Lipinski definition) is 8. The molecule has 30 heavy (non-hydrogen) atoms. The van der Waals surface area contributed by atoms with E-state index in [9.17, 15) is 4.39 Å². The molecule has 10 heteroatoms. The molecule has 1 aromatic carbocycles. The number of aromatic amines is 1. The van der Waals surface area contributed by atoms with E-state index in [4.69, 9.17) is 10.5 Å². The van der Waals surface area contributed by atoms with E-state index >= 15 is 0 Å². The Bertz CT molecular complexity index is 1020. The van der Waals surface area contributed by atoms with Crippen LogP contribution in [-0.4, -0.2) is 38.3 Å². The number of aromatic nitrogens is 5. The molecule has 0 saturated carbocycles. The van der Waals surface area contributed by atoms with Crippen molar-refractivity contribution in [3.8, 4) is 0 Å². The van der Waals surface area contributed by atoms with Crippen LogP contribution in [0, 0.1) is 5.82 Å². The molecule has 0 bridgehead atoms. The standard InChI is InChI=1S/C20H23FN8O/c21-13-7-5-12(6-8-13)15-3-1-9-29(15)20-25-18(22)24-19(26-20)23-17-11-14(27-28-17)16-4-2-10-30-16/h5-8,11,15-16H,1-4,9-10H2,(H4,22,23,24,25,26,27,28). The van der Waals surface area contributed by atoms with Crippen LogP contribution in [0.1, 0.15) is 49.1 Å². The number of benzene rings is 1. The predicted molar refractivity (Wildman–Crippen MR) is 110 cm³/mol. The fourth-order valence-corrected chi connectivity index (χ4v) is 4.11. The molecule has 2 atom stereocenters. The van der Waals surface area contributed by atoms with Crippen LogP contribution >= 0.6 is 0 Å². The SMILES string of the molecule is Nc1nc(Nc2cc(C3CCCO3)[nH]n2)nc(N2CCCC2c2ccc(F)cc2)n1. The molecule has 3 aromatic rings. The molecule has 4 N–H and O–H groups in total. The Morgan fingerprint density at radius 3 is 2.80 bits per heavy atom. The van der Waals surface area contributed by atoms with Crippen LogP contribution in [0.2, 0.25) is 0 Å². The van der Waals surface area contributed by atoms with Crippen molar-refractivity contribution in [1.29, 1.82) is 0 Å². The van der Waals surface area contributed by atoms with Gasteiger partial charge in [0.2, 0.25) is 17.8 Å². The van der Waals surface area contributed by atoms with E-state index in [0.717, 1.165) is 50.1 Å². The molecule has 156 valence electrons. The summed E-state index contributed by atoms with van der Waals surface area (Å²) in [6.45, 7) is 1.56. The third-order valence-corrected chi connectivity index (χ3v) is 5.52. The van der Waals surface area contributed by atoms with Gasteiger partial charge >= 0.3 is 0 Å². The van der Waals surface area contributed by atoms with E-state index in [1.54, 1.807) is 12.1 Å². The minimum atomic E-state index is -0.249. The quantitative estimate of drug-likeness (QED) is 0.587. The highest BCUT2D eigenvalue weighted by molar-refractivity contribution is 5.52. The number of H-pyrrole nitrogens is 1. The van der Waals surface area contributed by atoms with Crippen LogP contribution in [0.5, 0.6) is 0 Å². The topological polar surface area (TPSA) is 118 Å². The number of ether oxygens (including phenoxy) is 1. The Balaban J connectivity index is 1.37. The molecular weight excluding hydrogens is 387 g/mol. The number of nitrogens with two attached hydrogens (primary N) is 1. The summed E-state index contributed by atoms with van der Waals surface area (Å²) >= 11 is 0. The molecular formula is C20H23FN8O. The van der Waals surface area contributed by atoms with Crippen molar-refractivity contribution in [2.24, 2.45) is 0 Å². The Kier molecular flexibility index (Phi) is 4.91. The maximum absolute atomic E-state index is 13.3. The van der Waals surface area contributed by atoms with Crippen molar-refractivity contribution in [3.63, 3.8) is 0 Å². The molecule has 0 amide bonds. The van der Waals surface area contributed by atoms with Crippen molar-refractivity contribution in [2.75, 3.05) is 29.1 Å². The second-order valence-electron chi connectivity index (χ2n) is 7.56. The lowest BCUT2D eigenvalue weighted by Gasteiger charge is -2.25. The molecule has 0 radical (unpaired) electrons. The minimum Gasteiger partial charge on any atom is -0.372 e. The van der Waals surface area contributed by atoms with Crippen molar-refractivity contribution < 1.29 is 9.13 Å². The molecule has 0 aliphatic carbocycles. The number of rotatable bonds is 5. The molecule has 2 saturated heterocycles. The lowest BCUT2D eigenvalue weighted by molar-refractivity contribution is 0.108. The summed E-state index contributed by atoms with van der Waals surface area (Å²) in [5, 5.41) is 10.4. The minimum absolute atomic E-state index is 0.0492.